The molecule has 1 aromatic heterocycles. The topological polar surface area (TPSA) is 67.1 Å². The van der Waals surface area contributed by atoms with E-state index in [9.17, 15) is 0 Å². The Labute approximate surface area is 138 Å². The zero-order chi connectivity index (χ0) is 16.2. The van der Waals surface area contributed by atoms with Gasteiger partial charge in [0.25, 0.3) is 0 Å². The molecule has 0 aliphatic carbocycles. The summed E-state index contributed by atoms with van der Waals surface area (Å²) in [5, 5.41) is 15.0. The van der Waals surface area contributed by atoms with Gasteiger partial charge < -0.3 is 15.2 Å². The number of thioether (sulfide) groups is 1. The summed E-state index contributed by atoms with van der Waals surface area (Å²) in [7, 11) is 1.97. The van der Waals surface area contributed by atoms with Crippen molar-refractivity contribution in [3.05, 3.63) is 11.6 Å². The van der Waals surface area contributed by atoms with Gasteiger partial charge in [-0.15, -0.1) is 10.2 Å². The molecule has 0 saturated carbocycles. The van der Waals surface area contributed by atoms with Crippen LogP contribution in [0.5, 0.6) is 0 Å². The maximum absolute atomic E-state index is 4.62. The molecule has 0 aliphatic heterocycles. The number of rotatable bonds is 10. The van der Waals surface area contributed by atoms with E-state index in [4.69, 9.17) is 0 Å². The average Bonchev–Trinajstić information content (AvgIpc) is 2.83. The third-order valence-corrected chi connectivity index (χ3v) is 4.15. The summed E-state index contributed by atoms with van der Waals surface area (Å²) in [4.78, 5) is 4.62. The number of hydrogen-bond donors (Lipinski definition) is 2. The van der Waals surface area contributed by atoms with Gasteiger partial charge in [0.1, 0.15) is 12.4 Å². The molecule has 0 bridgehead atoms. The van der Waals surface area contributed by atoms with E-state index < -0.39 is 0 Å². The fourth-order valence-corrected chi connectivity index (χ4v) is 2.37. The van der Waals surface area contributed by atoms with Crippen molar-refractivity contribution in [2.45, 2.75) is 46.1 Å². The normalized spacial score (nSPS) is 11.7. The number of hydrogen-bond acceptors (Lipinski definition) is 4. The van der Waals surface area contributed by atoms with Crippen LogP contribution in [-0.4, -0.2) is 45.8 Å². The zero-order valence-electron chi connectivity index (χ0n) is 14.4. The van der Waals surface area contributed by atoms with Crippen molar-refractivity contribution in [3.63, 3.8) is 0 Å². The number of unbranched alkanes of at least 4 members (excludes halogenated alkanes) is 2. The largest absolute Gasteiger partial charge is 0.356 e. The summed E-state index contributed by atoms with van der Waals surface area (Å²) in [6, 6.07) is 0. The minimum Gasteiger partial charge on any atom is -0.356 e. The van der Waals surface area contributed by atoms with E-state index in [1.807, 2.05) is 30.3 Å². The highest BCUT2D eigenvalue weighted by Crippen LogP contribution is 2.00. The number of aromatic nitrogens is 3. The van der Waals surface area contributed by atoms with Crippen LogP contribution in [0.15, 0.2) is 4.99 Å². The van der Waals surface area contributed by atoms with Gasteiger partial charge in [0, 0.05) is 20.1 Å². The number of nitrogens with zero attached hydrogens (tertiary/aromatic N) is 4. The molecule has 0 fully saturated rings. The molecule has 0 saturated heterocycles. The Hall–Kier alpha value is -1.24. The molecule has 0 unspecified atom stereocenters. The summed E-state index contributed by atoms with van der Waals surface area (Å²) < 4.78 is 1.98. The minimum atomic E-state index is 0.545. The molecule has 0 spiro atoms. The molecule has 0 amide bonds. The SMILES string of the molecule is CCCCNC(=NCc1nnc(C)n1C)NCCCCSC. The van der Waals surface area contributed by atoms with Crippen LogP contribution in [0.3, 0.4) is 0 Å². The van der Waals surface area contributed by atoms with Crippen LogP contribution in [-0.2, 0) is 13.6 Å². The van der Waals surface area contributed by atoms with Crippen molar-refractivity contribution in [3.8, 4) is 0 Å². The fraction of sp³-hybridized carbons (Fsp3) is 0.800. The van der Waals surface area contributed by atoms with Gasteiger partial charge >= 0.3 is 0 Å². The number of guanidine groups is 1. The third kappa shape index (κ3) is 7.15. The molecule has 7 heteroatoms. The molecular weight excluding hydrogens is 296 g/mol. The second-order valence-corrected chi connectivity index (χ2v) is 6.28. The molecule has 1 heterocycles. The Kier molecular flexibility index (Phi) is 9.70. The summed E-state index contributed by atoms with van der Waals surface area (Å²) >= 11 is 1.90. The Morgan fingerprint density at radius 3 is 2.50 bits per heavy atom. The van der Waals surface area contributed by atoms with Crippen molar-refractivity contribution in [1.82, 2.24) is 25.4 Å². The summed E-state index contributed by atoms with van der Waals surface area (Å²) in [5.41, 5.74) is 0. The van der Waals surface area contributed by atoms with Gasteiger partial charge in [-0.05, 0) is 38.2 Å². The first kappa shape index (κ1) is 18.8. The van der Waals surface area contributed by atoms with Gasteiger partial charge in [-0.1, -0.05) is 13.3 Å². The highest BCUT2D eigenvalue weighted by atomic mass is 32.2. The smallest absolute Gasteiger partial charge is 0.191 e. The molecule has 1 rings (SSSR count). The third-order valence-electron chi connectivity index (χ3n) is 3.45. The lowest BCUT2D eigenvalue weighted by Gasteiger charge is -2.12. The first-order chi connectivity index (χ1) is 10.7. The zero-order valence-corrected chi connectivity index (χ0v) is 15.2. The lowest BCUT2D eigenvalue weighted by atomic mass is 10.3. The van der Waals surface area contributed by atoms with Crippen LogP contribution in [0, 0.1) is 6.92 Å². The van der Waals surface area contributed by atoms with Crippen molar-refractivity contribution >= 4 is 17.7 Å². The predicted octanol–water partition coefficient (Wildman–Crippen LogP) is 2.10. The molecule has 126 valence electrons. The fourth-order valence-electron chi connectivity index (χ4n) is 1.87. The highest BCUT2D eigenvalue weighted by Gasteiger charge is 2.04. The Balaban J connectivity index is 2.48. The van der Waals surface area contributed by atoms with E-state index in [2.05, 4.69) is 39.0 Å². The Bertz CT molecular complexity index is 443. The van der Waals surface area contributed by atoms with Crippen molar-refractivity contribution in [2.75, 3.05) is 25.1 Å². The van der Waals surface area contributed by atoms with E-state index in [0.717, 1.165) is 37.1 Å². The van der Waals surface area contributed by atoms with Crippen molar-refractivity contribution in [2.24, 2.45) is 12.0 Å². The molecule has 6 nitrogen and oxygen atoms in total. The summed E-state index contributed by atoms with van der Waals surface area (Å²) in [6.45, 7) is 6.59. The monoisotopic (exact) mass is 326 g/mol. The number of aryl methyl sites for hydroxylation is 1. The summed E-state index contributed by atoms with van der Waals surface area (Å²) in [5.74, 6) is 3.89. The van der Waals surface area contributed by atoms with Gasteiger partial charge in [-0.3, -0.25) is 0 Å². The van der Waals surface area contributed by atoms with Gasteiger partial charge in [0.05, 0.1) is 0 Å². The molecule has 0 aromatic carbocycles. The van der Waals surface area contributed by atoms with Crippen LogP contribution >= 0.6 is 11.8 Å². The summed E-state index contributed by atoms with van der Waals surface area (Å²) in [6.07, 6.45) is 6.87. The predicted molar refractivity (Wildman–Crippen MR) is 95.4 cm³/mol. The lowest BCUT2D eigenvalue weighted by molar-refractivity contribution is 0.697. The highest BCUT2D eigenvalue weighted by molar-refractivity contribution is 7.98. The van der Waals surface area contributed by atoms with E-state index in [0.29, 0.717) is 6.54 Å². The standard InChI is InChI=1S/C15H30N6S/c1-5-6-9-16-15(17-10-7-8-11-22-4)18-12-14-20-19-13(2)21(14)3/h5-12H2,1-4H3,(H2,16,17,18). The second kappa shape index (κ2) is 11.3. The maximum atomic E-state index is 4.62. The van der Waals surface area contributed by atoms with Crippen LogP contribution in [0.2, 0.25) is 0 Å². The first-order valence-electron chi connectivity index (χ1n) is 8.05. The van der Waals surface area contributed by atoms with Gasteiger partial charge in [0.15, 0.2) is 11.8 Å². The molecule has 0 radical (unpaired) electrons. The van der Waals surface area contributed by atoms with Crippen molar-refractivity contribution in [1.29, 1.82) is 0 Å². The van der Waals surface area contributed by atoms with E-state index in [1.54, 1.807) is 0 Å². The van der Waals surface area contributed by atoms with E-state index in [1.165, 1.54) is 25.0 Å². The van der Waals surface area contributed by atoms with Gasteiger partial charge in [-0.25, -0.2) is 4.99 Å². The van der Waals surface area contributed by atoms with E-state index in [-0.39, 0.29) is 0 Å². The quantitative estimate of drug-likeness (QED) is 0.391. The molecule has 2 N–H and O–H groups in total. The molecule has 0 atom stereocenters. The first-order valence-corrected chi connectivity index (χ1v) is 9.44. The maximum Gasteiger partial charge on any atom is 0.191 e. The van der Waals surface area contributed by atoms with Gasteiger partial charge in [0.2, 0.25) is 0 Å². The van der Waals surface area contributed by atoms with Crippen LogP contribution in [0.1, 0.15) is 44.3 Å². The number of aliphatic imine (C=N–C) groups is 1. The molecular formula is C15H30N6S. The Morgan fingerprint density at radius 2 is 1.91 bits per heavy atom. The molecule has 1 aromatic rings. The van der Waals surface area contributed by atoms with Crippen LogP contribution < -0.4 is 10.6 Å². The number of nitrogens with one attached hydrogen (secondary N) is 2. The van der Waals surface area contributed by atoms with Crippen LogP contribution in [0.4, 0.5) is 0 Å². The average molecular weight is 327 g/mol. The lowest BCUT2D eigenvalue weighted by Crippen LogP contribution is -2.38. The van der Waals surface area contributed by atoms with Crippen molar-refractivity contribution < 1.29 is 0 Å². The molecule has 0 aliphatic rings. The Morgan fingerprint density at radius 1 is 1.18 bits per heavy atom. The van der Waals surface area contributed by atoms with E-state index >= 15 is 0 Å². The van der Waals surface area contributed by atoms with Gasteiger partial charge in [-0.2, -0.15) is 11.8 Å². The minimum absolute atomic E-state index is 0.545. The second-order valence-electron chi connectivity index (χ2n) is 5.29. The van der Waals surface area contributed by atoms with Crippen LogP contribution in [0.25, 0.3) is 0 Å². The molecule has 22 heavy (non-hydrogen) atoms.